The third-order valence-electron chi connectivity index (χ3n) is 4.80. The Kier molecular flexibility index (Phi) is 6.82. The first-order valence-electron chi connectivity index (χ1n) is 10.0. The highest BCUT2D eigenvalue weighted by Gasteiger charge is 2.37. The maximum absolute atomic E-state index is 13.5. The van der Waals surface area contributed by atoms with Crippen molar-refractivity contribution < 1.29 is 22.6 Å². The van der Waals surface area contributed by atoms with Crippen molar-refractivity contribution in [2.45, 2.75) is 58.2 Å². The molecule has 29 heavy (non-hydrogen) atoms. The summed E-state index contributed by atoms with van der Waals surface area (Å²) in [6.45, 7) is 4.89. The van der Waals surface area contributed by atoms with E-state index in [0.717, 1.165) is 38.3 Å². The lowest BCUT2D eigenvalue weighted by Crippen LogP contribution is -2.23. The lowest BCUT2D eigenvalue weighted by atomic mass is 10.2. The van der Waals surface area contributed by atoms with Crippen LogP contribution >= 0.6 is 0 Å². The van der Waals surface area contributed by atoms with Gasteiger partial charge < -0.3 is 14.4 Å². The van der Waals surface area contributed by atoms with Gasteiger partial charge in [-0.05, 0) is 51.2 Å². The van der Waals surface area contributed by atoms with Gasteiger partial charge in [0.2, 0.25) is 11.8 Å². The first kappa shape index (κ1) is 21.2. The van der Waals surface area contributed by atoms with E-state index in [2.05, 4.69) is 9.97 Å². The molecule has 0 amide bonds. The lowest BCUT2D eigenvalue weighted by molar-refractivity contribution is -0.139. The van der Waals surface area contributed by atoms with Gasteiger partial charge in [-0.15, -0.1) is 0 Å². The molecule has 1 aromatic heterocycles. The Labute approximate surface area is 168 Å². The first-order chi connectivity index (χ1) is 13.9. The van der Waals surface area contributed by atoms with Gasteiger partial charge in [0.15, 0.2) is 0 Å². The van der Waals surface area contributed by atoms with Crippen LogP contribution in [0, 0.1) is 0 Å². The number of hydrogen-bond acceptors (Lipinski definition) is 5. The quantitative estimate of drug-likeness (QED) is 0.554. The third-order valence-corrected chi connectivity index (χ3v) is 4.80. The van der Waals surface area contributed by atoms with E-state index >= 15 is 0 Å². The van der Waals surface area contributed by atoms with Crippen LogP contribution in [-0.2, 0) is 6.18 Å². The van der Waals surface area contributed by atoms with Crippen molar-refractivity contribution in [3.63, 3.8) is 0 Å². The maximum atomic E-state index is 13.5. The molecule has 158 valence electrons. The Morgan fingerprint density at radius 3 is 2.52 bits per heavy atom. The number of aromatic nitrogens is 2. The molecule has 1 saturated carbocycles. The topological polar surface area (TPSA) is 47.5 Å². The van der Waals surface area contributed by atoms with Gasteiger partial charge >= 0.3 is 6.18 Å². The van der Waals surface area contributed by atoms with Crippen molar-refractivity contribution >= 4 is 11.6 Å². The van der Waals surface area contributed by atoms with Crippen LogP contribution in [0.15, 0.2) is 30.5 Å². The zero-order valence-electron chi connectivity index (χ0n) is 16.7. The Morgan fingerprint density at radius 1 is 1.14 bits per heavy atom. The summed E-state index contributed by atoms with van der Waals surface area (Å²) in [6.07, 6.45) is 0.214. The highest BCUT2D eigenvalue weighted by molar-refractivity contribution is 5.65. The smallest absolute Gasteiger partial charge is 0.423 e. The molecule has 1 heterocycles. The molecule has 1 aliphatic rings. The second-order valence-corrected chi connectivity index (χ2v) is 6.97. The number of rotatable bonds is 8. The minimum absolute atomic E-state index is 0.154. The number of para-hydroxylation sites is 2. The van der Waals surface area contributed by atoms with Crippen molar-refractivity contribution in [2.24, 2.45) is 0 Å². The van der Waals surface area contributed by atoms with Crippen molar-refractivity contribution in [3.05, 3.63) is 36.0 Å². The molecule has 0 atom stereocenters. The Bertz CT molecular complexity index is 808. The van der Waals surface area contributed by atoms with Crippen LogP contribution < -0.4 is 14.4 Å². The molecule has 8 heteroatoms. The number of anilines is 2. The van der Waals surface area contributed by atoms with Crippen LogP contribution in [0.1, 0.15) is 51.5 Å². The summed E-state index contributed by atoms with van der Waals surface area (Å²) in [5, 5.41) is 0. The molecule has 1 aromatic carbocycles. The minimum Gasteiger partial charge on any atom is -0.491 e. The Morgan fingerprint density at radius 2 is 1.86 bits per heavy atom. The first-order valence-corrected chi connectivity index (χ1v) is 10.0. The zero-order chi connectivity index (χ0) is 20.9. The predicted octanol–water partition coefficient (Wildman–Crippen LogP) is 5.76. The van der Waals surface area contributed by atoms with Crippen LogP contribution in [0.4, 0.5) is 24.8 Å². The van der Waals surface area contributed by atoms with E-state index < -0.39 is 17.6 Å². The molecular weight excluding hydrogens is 383 g/mol. The van der Waals surface area contributed by atoms with E-state index in [0.29, 0.717) is 24.6 Å². The molecule has 1 aliphatic carbocycles. The number of halogens is 3. The predicted molar refractivity (Wildman–Crippen MR) is 105 cm³/mol. The van der Waals surface area contributed by atoms with Crippen LogP contribution in [0.25, 0.3) is 0 Å². The van der Waals surface area contributed by atoms with Gasteiger partial charge in [-0.3, -0.25) is 0 Å². The SMILES string of the molecule is CCCOc1ccccc1N(CC)c1ncc(C(F)(F)F)c(OC2CCCC2)n1. The molecule has 0 aliphatic heterocycles. The number of benzene rings is 1. The van der Waals surface area contributed by atoms with Crippen LogP contribution in [-0.4, -0.2) is 29.2 Å². The summed E-state index contributed by atoms with van der Waals surface area (Å²) in [4.78, 5) is 9.93. The molecule has 0 unspecified atom stereocenters. The van der Waals surface area contributed by atoms with Gasteiger partial charge in [-0.25, -0.2) is 4.98 Å². The van der Waals surface area contributed by atoms with E-state index in [4.69, 9.17) is 9.47 Å². The van der Waals surface area contributed by atoms with E-state index in [1.54, 1.807) is 4.90 Å². The lowest BCUT2D eigenvalue weighted by Gasteiger charge is -2.25. The number of nitrogens with zero attached hydrogens (tertiary/aromatic N) is 3. The Balaban J connectivity index is 1.98. The standard InChI is InChI=1S/C21H26F3N3O2/c1-3-13-28-18-12-8-7-11-17(18)27(4-2)20-25-14-16(21(22,23)24)19(26-20)29-15-9-5-6-10-15/h7-8,11-12,14-15H,3-6,9-10,13H2,1-2H3. The summed E-state index contributed by atoms with van der Waals surface area (Å²) < 4.78 is 51.9. The molecule has 5 nitrogen and oxygen atoms in total. The summed E-state index contributed by atoms with van der Waals surface area (Å²) in [5.74, 6) is 0.388. The second kappa shape index (κ2) is 9.33. The molecular formula is C21H26F3N3O2. The largest absolute Gasteiger partial charge is 0.491 e. The normalized spacial score (nSPS) is 14.8. The fourth-order valence-corrected chi connectivity index (χ4v) is 3.37. The zero-order valence-corrected chi connectivity index (χ0v) is 16.7. The van der Waals surface area contributed by atoms with Crippen molar-refractivity contribution in [3.8, 4) is 11.6 Å². The van der Waals surface area contributed by atoms with Crippen LogP contribution in [0.2, 0.25) is 0 Å². The highest BCUT2D eigenvalue weighted by atomic mass is 19.4. The van der Waals surface area contributed by atoms with Gasteiger partial charge in [0.1, 0.15) is 17.4 Å². The average molecular weight is 409 g/mol. The molecule has 3 rings (SSSR count). The van der Waals surface area contributed by atoms with E-state index in [1.807, 2.05) is 38.1 Å². The highest BCUT2D eigenvalue weighted by Crippen LogP contribution is 2.39. The minimum atomic E-state index is -4.58. The molecule has 0 spiro atoms. The van der Waals surface area contributed by atoms with Gasteiger partial charge in [0.05, 0.1) is 12.3 Å². The third kappa shape index (κ3) is 5.10. The van der Waals surface area contributed by atoms with E-state index in [1.165, 1.54) is 0 Å². The Hall–Kier alpha value is -2.51. The van der Waals surface area contributed by atoms with Gasteiger partial charge in [-0.1, -0.05) is 19.1 Å². The number of hydrogen-bond donors (Lipinski definition) is 0. The molecule has 0 bridgehead atoms. The van der Waals surface area contributed by atoms with E-state index in [9.17, 15) is 13.2 Å². The fourth-order valence-electron chi connectivity index (χ4n) is 3.37. The average Bonchev–Trinajstić information content (AvgIpc) is 3.20. The van der Waals surface area contributed by atoms with Crippen LogP contribution in [0.3, 0.4) is 0 Å². The van der Waals surface area contributed by atoms with Crippen molar-refractivity contribution in [2.75, 3.05) is 18.1 Å². The van der Waals surface area contributed by atoms with E-state index in [-0.39, 0.29) is 12.1 Å². The fraction of sp³-hybridized carbons (Fsp3) is 0.524. The molecule has 2 aromatic rings. The van der Waals surface area contributed by atoms with Gasteiger partial charge in [0, 0.05) is 12.7 Å². The van der Waals surface area contributed by atoms with Crippen LogP contribution in [0.5, 0.6) is 11.6 Å². The maximum Gasteiger partial charge on any atom is 0.423 e. The molecule has 1 fully saturated rings. The monoisotopic (exact) mass is 409 g/mol. The number of alkyl halides is 3. The number of ether oxygens (including phenoxy) is 2. The summed E-state index contributed by atoms with van der Waals surface area (Å²) in [7, 11) is 0. The molecule has 0 N–H and O–H groups in total. The van der Waals surface area contributed by atoms with Gasteiger partial charge in [-0.2, -0.15) is 18.2 Å². The summed E-state index contributed by atoms with van der Waals surface area (Å²) in [5.41, 5.74) is -0.241. The molecule has 0 radical (unpaired) electrons. The van der Waals surface area contributed by atoms with Crippen molar-refractivity contribution in [1.29, 1.82) is 0 Å². The molecule has 0 saturated heterocycles. The second-order valence-electron chi connectivity index (χ2n) is 6.97. The summed E-state index contributed by atoms with van der Waals surface area (Å²) in [6, 6.07) is 7.36. The van der Waals surface area contributed by atoms with Crippen molar-refractivity contribution in [1.82, 2.24) is 9.97 Å². The summed E-state index contributed by atoms with van der Waals surface area (Å²) >= 11 is 0. The van der Waals surface area contributed by atoms with Gasteiger partial charge in [0.25, 0.3) is 0 Å².